The summed E-state index contributed by atoms with van der Waals surface area (Å²) >= 11 is 0. The molecule has 21 heavy (non-hydrogen) atoms. The Labute approximate surface area is 124 Å². The third kappa shape index (κ3) is 2.07. The number of rotatable bonds is 2. The first kappa shape index (κ1) is 12.4. The molecular weight excluding hydrogens is 260 g/mol. The first-order chi connectivity index (χ1) is 10.3. The van der Waals surface area contributed by atoms with Crippen molar-refractivity contribution in [3.05, 3.63) is 60.0 Å². The average Bonchev–Trinajstić information content (AvgIpc) is 3.15. The van der Waals surface area contributed by atoms with E-state index in [0.29, 0.717) is 6.04 Å². The van der Waals surface area contributed by atoms with Crippen LogP contribution in [0.2, 0.25) is 0 Å². The van der Waals surface area contributed by atoms with Crippen molar-refractivity contribution < 1.29 is 0 Å². The van der Waals surface area contributed by atoms with Gasteiger partial charge in [-0.1, -0.05) is 30.3 Å². The summed E-state index contributed by atoms with van der Waals surface area (Å²) in [6.45, 7) is 3.05. The maximum atomic E-state index is 4.77. The molecule has 3 heterocycles. The minimum Gasteiger partial charge on any atom is -0.348 e. The number of aromatic nitrogens is 3. The Morgan fingerprint density at radius 2 is 1.95 bits per heavy atom. The van der Waals surface area contributed by atoms with Crippen LogP contribution in [0.15, 0.2) is 48.7 Å². The van der Waals surface area contributed by atoms with Gasteiger partial charge in [0.05, 0.1) is 17.8 Å². The highest BCUT2D eigenvalue weighted by atomic mass is 15.3. The van der Waals surface area contributed by atoms with Crippen molar-refractivity contribution in [2.75, 3.05) is 11.4 Å². The predicted octanol–water partition coefficient (Wildman–Crippen LogP) is 3.38. The van der Waals surface area contributed by atoms with Crippen molar-refractivity contribution >= 4 is 11.3 Å². The van der Waals surface area contributed by atoms with Crippen LogP contribution in [-0.4, -0.2) is 21.1 Å². The summed E-state index contributed by atoms with van der Waals surface area (Å²) in [6.07, 6.45) is 4.26. The molecule has 0 N–H and O–H groups in total. The number of anilines is 1. The molecule has 1 aromatic carbocycles. The lowest BCUT2D eigenvalue weighted by atomic mass is 10.0. The molecule has 4 nitrogen and oxygen atoms in total. The van der Waals surface area contributed by atoms with E-state index >= 15 is 0 Å². The third-order valence-electron chi connectivity index (χ3n) is 4.27. The van der Waals surface area contributed by atoms with Gasteiger partial charge in [-0.15, -0.1) is 5.10 Å². The molecule has 0 radical (unpaired) electrons. The van der Waals surface area contributed by atoms with Gasteiger partial charge < -0.3 is 4.90 Å². The van der Waals surface area contributed by atoms with Gasteiger partial charge in [-0.25, -0.2) is 9.50 Å². The van der Waals surface area contributed by atoms with E-state index in [-0.39, 0.29) is 0 Å². The number of aryl methyl sites for hydroxylation is 1. The number of fused-ring (bicyclic) bond motifs is 1. The van der Waals surface area contributed by atoms with Gasteiger partial charge in [0, 0.05) is 6.54 Å². The SMILES string of the molecule is Cc1ncc2ccc(N3CCCC3c3ccccc3)nn12. The van der Waals surface area contributed by atoms with Gasteiger partial charge in [-0.2, -0.15) is 0 Å². The lowest BCUT2D eigenvalue weighted by molar-refractivity contribution is 0.700. The van der Waals surface area contributed by atoms with Crippen LogP contribution < -0.4 is 4.90 Å². The average molecular weight is 278 g/mol. The molecule has 1 unspecified atom stereocenters. The fourth-order valence-corrected chi connectivity index (χ4v) is 3.21. The van der Waals surface area contributed by atoms with Gasteiger partial charge in [-0.05, 0) is 37.5 Å². The largest absolute Gasteiger partial charge is 0.348 e. The number of imidazole rings is 1. The maximum Gasteiger partial charge on any atom is 0.150 e. The van der Waals surface area contributed by atoms with Gasteiger partial charge in [-0.3, -0.25) is 0 Å². The van der Waals surface area contributed by atoms with Crippen LogP contribution in [-0.2, 0) is 0 Å². The Morgan fingerprint density at radius 3 is 2.81 bits per heavy atom. The zero-order chi connectivity index (χ0) is 14.2. The highest BCUT2D eigenvalue weighted by Gasteiger charge is 2.27. The smallest absolute Gasteiger partial charge is 0.150 e. The van der Waals surface area contributed by atoms with E-state index < -0.39 is 0 Å². The molecule has 0 amide bonds. The molecule has 1 aliphatic heterocycles. The van der Waals surface area contributed by atoms with E-state index in [1.165, 1.54) is 18.4 Å². The molecule has 0 saturated carbocycles. The summed E-state index contributed by atoms with van der Waals surface area (Å²) in [5, 5.41) is 4.77. The van der Waals surface area contributed by atoms with Crippen molar-refractivity contribution in [3.8, 4) is 0 Å². The van der Waals surface area contributed by atoms with Gasteiger partial charge >= 0.3 is 0 Å². The number of benzene rings is 1. The third-order valence-corrected chi connectivity index (χ3v) is 4.27. The Morgan fingerprint density at radius 1 is 1.10 bits per heavy atom. The quantitative estimate of drug-likeness (QED) is 0.720. The minimum absolute atomic E-state index is 0.431. The maximum absolute atomic E-state index is 4.77. The first-order valence-corrected chi connectivity index (χ1v) is 7.46. The molecule has 0 spiro atoms. The highest BCUT2D eigenvalue weighted by Crippen LogP contribution is 2.35. The summed E-state index contributed by atoms with van der Waals surface area (Å²) < 4.78 is 1.93. The molecular formula is C17H18N4. The van der Waals surface area contributed by atoms with E-state index in [1.54, 1.807) is 0 Å². The van der Waals surface area contributed by atoms with Crippen LogP contribution in [0.25, 0.3) is 5.52 Å². The normalized spacial score (nSPS) is 18.5. The lowest BCUT2D eigenvalue weighted by Crippen LogP contribution is -2.24. The number of hydrogen-bond donors (Lipinski definition) is 0. The Balaban J connectivity index is 1.74. The molecule has 4 rings (SSSR count). The van der Waals surface area contributed by atoms with Crippen LogP contribution in [0.1, 0.15) is 30.3 Å². The van der Waals surface area contributed by atoms with Crippen molar-refractivity contribution in [2.45, 2.75) is 25.8 Å². The Kier molecular flexibility index (Phi) is 2.88. The number of nitrogens with zero attached hydrogens (tertiary/aromatic N) is 4. The van der Waals surface area contributed by atoms with Gasteiger partial charge in [0.2, 0.25) is 0 Å². The molecule has 3 aromatic rings. The fourth-order valence-electron chi connectivity index (χ4n) is 3.21. The van der Waals surface area contributed by atoms with Crippen molar-refractivity contribution in [2.24, 2.45) is 0 Å². The Bertz CT molecular complexity index is 763. The Hall–Kier alpha value is -2.36. The van der Waals surface area contributed by atoms with Gasteiger partial charge in [0.25, 0.3) is 0 Å². The predicted molar refractivity (Wildman–Crippen MR) is 83.5 cm³/mol. The zero-order valence-corrected chi connectivity index (χ0v) is 12.1. The summed E-state index contributed by atoms with van der Waals surface area (Å²) in [4.78, 5) is 6.73. The monoisotopic (exact) mass is 278 g/mol. The summed E-state index contributed by atoms with van der Waals surface area (Å²) in [7, 11) is 0. The molecule has 4 heteroatoms. The van der Waals surface area contributed by atoms with Crippen molar-refractivity contribution in [1.82, 2.24) is 14.6 Å². The van der Waals surface area contributed by atoms with Crippen molar-refractivity contribution in [3.63, 3.8) is 0 Å². The van der Waals surface area contributed by atoms with Crippen LogP contribution in [0.4, 0.5) is 5.82 Å². The molecule has 2 aromatic heterocycles. The molecule has 1 saturated heterocycles. The van der Waals surface area contributed by atoms with Gasteiger partial charge in [0.1, 0.15) is 11.6 Å². The second-order valence-electron chi connectivity index (χ2n) is 5.60. The molecule has 0 bridgehead atoms. The summed E-state index contributed by atoms with van der Waals surface area (Å²) in [5.41, 5.74) is 2.42. The second-order valence-corrected chi connectivity index (χ2v) is 5.60. The topological polar surface area (TPSA) is 33.4 Å². The molecule has 106 valence electrons. The van der Waals surface area contributed by atoms with Crippen molar-refractivity contribution in [1.29, 1.82) is 0 Å². The minimum atomic E-state index is 0.431. The van der Waals surface area contributed by atoms with E-state index in [4.69, 9.17) is 5.10 Å². The van der Waals surface area contributed by atoms with Crippen LogP contribution in [0, 0.1) is 6.92 Å². The highest BCUT2D eigenvalue weighted by molar-refractivity contribution is 5.52. The molecule has 1 atom stereocenters. The van der Waals surface area contributed by atoms with E-state index in [1.807, 2.05) is 17.6 Å². The number of hydrogen-bond acceptors (Lipinski definition) is 3. The standard InChI is InChI=1S/C17H18N4/c1-13-18-12-15-9-10-17(19-21(13)15)20-11-5-8-16(20)14-6-3-2-4-7-14/h2-4,6-7,9-10,12,16H,5,8,11H2,1H3. The first-order valence-electron chi connectivity index (χ1n) is 7.46. The van der Waals surface area contributed by atoms with E-state index in [9.17, 15) is 0 Å². The lowest BCUT2D eigenvalue weighted by Gasteiger charge is -2.26. The summed E-state index contributed by atoms with van der Waals surface area (Å²) in [5.74, 6) is 1.97. The molecule has 1 fully saturated rings. The fraction of sp³-hybridized carbons (Fsp3) is 0.294. The van der Waals surface area contributed by atoms with Crippen LogP contribution >= 0.6 is 0 Å². The van der Waals surface area contributed by atoms with Crippen LogP contribution in [0.5, 0.6) is 0 Å². The molecule has 1 aliphatic rings. The van der Waals surface area contributed by atoms with E-state index in [0.717, 1.165) is 23.7 Å². The summed E-state index contributed by atoms with van der Waals surface area (Å²) in [6, 6.07) is 15.4. The second kappa shape index (κ2) is 4.88. The zero-order valence-electron chi connectivity index (χ0n) is 12.1. The van der Waals surface area contributed by atoms with Crippen LogP contribution in [0.3, 0.4) is 0 Å². The van der Waals surface area contributed by atoms with Gasteiger partial charge in [0.15, 0.2) is 0 Å². The molecule has 0 aliphatic carbocycles. The van der Waals surface area contributed by atoms with E-state index in [2.05, 4.69) is 52.3 Å².